The van der Waals surface area contributed by atoms with E-state index in [1.54, 1.807) is 24.3 Å². The van der Waals surface area contributed by atoms with Gasteiger partial charge < -0.3 is 24.7 Å². The first-order valence-corrected chi connectivity index (χ1v) is 11.9. The fraction of sp³-hybridized carbons (Fsp3) is 0.407. The maximum absolute atomic E-state index is 12.8. The third-order valence-corrected chi connectivity index (χ3v) is 6.63. The average Bonchev–Trinajstić information content (AvgIpc) is 3.36. The van der Waals surface area contributed by atoms with Crippen LogP contribution in [0.1, 0.15) is 58.1 Å². The van der Waals surface area contributed by atoms with E-state index in [1.165, 1.54) is 0 Å². The molecule has 0 saturated heterocycles. The van der Waals surface area contributed by atoms with Crippen molar-refractivity contribution in [2.24, 2.45) is 5.73 Å². The van der Waals surface area contributed by atoms with E-state index in [2.05, 4.69) is 0 Å². The molecule has 7 nitrogen and oxygen atoms in total. The molecular formula is C27H31NO6. The Balaban J connectivity index is 1.92. The van der Waals surface area contributed by atoms with Gasteiger partial charge in [-0.1, -0.05) is 38.1 Å². The van der Waals surface area contributed by atoms with Gasteiger partial charge in [-0.05, 0) is 62.3 Å². The van der Waals surface area contributed by atoms with Crippen molar-refractivity contribution in [1.29, 1.82) is 0 Å². The number of rotatable bonds is 9. The predicted molar refractivity (Wildman–Crippen MR) is 130 cm³/mol. The molecule has 1 amide bonds. The molecule has 0 spiro atoms. The molecule has 4 rings (SSSR count). The van der Waals surface area contributed by atoms with Gasteiger partial charge in [-0.3, -0.25) is 4.79 Å². The van der Waals surface area contributed by atoms with Crippen molar-refractivity contribution in [2.45, 2.75) is 64.1 Å². The molecule has 3 N–H and O–H groups in total. The predicted octanol–water partition coefficient (Wildman–Crippen LogP) is 4.65. The fourth-order valence-electron chi connectivity index (χ4n) is 4.59. The number of carbonyl (C=O) groups excluding carboxylic acids is 1. The molecule has 180 valence electrons. The average molecular weight is 466 g/mol. The molecule has 0 bridgehead atoms. The monoisotopic (exact) mass is 465 g/mol. The summed E-state index contributed by atoms with van der Waals surface area (Å²) < 4.78 is 17.7. The summed E-state index contributed by atoms with van der Waals surface area (Å²) >= 11 is 0. The summed E-state index contributed by atoms with van der Waals surface area (Å²) in [5.41, 5.74) is 4.78. The van der Waals surface area contributed by atoms with Gasteiger partial charge >= 0.3 is 5.63 Å². The maximum Gasteiger partial charge on any atom is 0.343 e. The molecule has 1 saturated carbocycles. The number of primary amides is 1. The minimum Gasteiger partial charge on any atom is -0.487 e. The number of carbonyl (C=O) groups is 1. The van der Waals surface area contributed by atoms with Crippen molar-refractivity contribution in [3.63, 3.8) is 0 Å². The number of nitrogens with two attached hydrogens (primary N) is 1. The standard InChI is InChI=1S/C27H31NO6/c1-3-27(31,4-2)25-24(19-11-7-8-12-20(19)26(30)34-25)17-13-14-21(33-18-9-5-6-10-18)22(15-17)32-16-23(28)29/h7-8,11-15,18,31H,3-6,9-10,16H2,1-2H3,(H2,28,29). The topological polar surface area (TPSA) is 112 Å². The highest BCUT2D eigenvalue weighted by atomic mass is 16.5. The second-order valence-electron chi connectivity index (χ2n) is 8.82. The summed E-state index contributed by atoms with van der Waals surface area (Å²) in [6.07, 6.45) is 5.00. The number of aliphatic hydroxyl groups is 1. The highest BCUT2D eigenvalue weighted by Crippen LogP contribution is 2.42. The van der Waals surface area contributed by atoms with E-state index in [1.807, 2.05) is 32.0 Å². The lowest BCUT2D eigenvalue weighted by Gasteiger charge is -2.27. The van der Waals surface area contributed by atoms with Crippen LogP contribution in [0.15, 0.2) is 51.7 Å². The van der Waals surface area contributed by atoms with Gasteiger partial charge in [0, 0.05) is 10.9 Å². The lowest BCUT2D eigenvalue weighted by molar-refractivity contribution is -0.119. The molecule has 0 aliphatic heterocycles. The van der Waals surface area contributed by atoms with Gasteiger partial charge in [0.15, 0.2) is 18.1 Å². The molecular weight excluding hydrogens is 434 g/mol. The lowest BCUT2D eigenvalue weighted by Crippen LogP contribution is -2.26. The van der Waals surface area contributed by atoms with E-state index in [0.717, 1.165) is 25.7 Å². The Morgan fingerprint density at radius 2 is 1.76 bits per heavy atom. The summed E-state index contributed by atoms with van der Waals surface area (Å²) in [4.78, 5) is 24.2. The van der Waals surface area contributed by atoms with Gasteiger partial charge in [-0.25, -0.2) is 4.79 Å². The van der Waals surface area contributed by atoms with Crippen LogP contribution >= 0.6 is 0 Å². The smallest absolute Gasteiger partial charge is 0.343 e. The third-order valence-electron chi connectivity index (χ3n) is 6.63. The highest BCUT2D eigenvalue weighted by molar-refractivity contribution is 5.97. The molecule has 1 aliphatic carbocycles. The Morgan fingerprint density at radius 3 is 2.41 bits per heavy atom. The molecule has 1 aromatic heterocycles. The zero-order valence-corrected chi connectivity index (χ0v) is 19.6. The Labute approximate surface area is 198 Å². The number of ether oxygens (including phenoxy) is 2. The minimum atomic E-state index is -1.33. The number of hydrogen-bond donors (Lipinski definition) is 2. The van der Waals surface area contributed by atoms with Gasteiger partial charge in [-0.15, -0.1) is 0 Å². The van der Waals surface area contributed by atoms with Gasteiger partial charge in [0.25, 0.3) is 5.91 Å². The summed E-state index contributed by atoms with van der Waals surface area (Å²) in [5.74, 6) is 0.522. The molecule has 1 aliphatic rings. The second-order valence-corrected chi connectivity index (χ2v) is 8.82. The van der Waals surface area contributed by atoms with Crippen molar-refractivity contribution in [3.8, 4) is 22.6 Å². The zero-order chi connectivity index (χ0) is 24.3. The molecule has 7 heteroatoms. The molecule has 1 heterocycles. The first-order valence-electron chi connectivity index (χ1n) is 11.9. The molecule has 2 aromatic carbocycles. The Hall–Kier alpha value is -3.32. The molecule has 0 atom stereocenters. The van der Waals surface area contributed by atoms with E-state index < -0.39 is 17.1 Å². The van der Waals surface area contributed by atoms with Crippen LogP contribution in [0.3, 0.4) is 0 Å². The van der Waals surface area contributed by atoms with Crippen molar-refractivity contribution in [3.05, 3.63) is 58.6 Å². The van der Waals surface area contributed by atoms with Crippen LogP contribution in [-0.4, -0.2) is 23.7 Å². The van der Waals surface area contributed by atoms with Gasteiger partial charge in [0.1, 0.15) is 11.4 Å². The number of benzene rings is 2. The largest absolute Gasteiger partial charge is 0.487 e. The third kappa shape index (κ3) is 4.66. The first-order chi connectivity index (χ1) is 16.4. The molecule has 0 unspecified atom stereocenters. The summed E-state index contributed by atoms with van der Waals surface area (Å²) in [7, 11) is 0. The van der Waals surface area contributed by atoms with E-state index in [-0.39, 0.29) is 18.5 Å². The zero-order valence-electron chi connectivity index (χ0n) is 19.6. The maximum atomic E-state index is 12.8. The van der Waals surface area contributed by atoms with Crippen LogP contribution in [-0.2, 0) is 10.4 Å². The van der Waals surface area contributed by atoms with Gasteiger partial charge in [0.2, 0.25) is 0 Å². The van der Waals surface area contributed by atoms with E-state index in [9.17, 15) is 14.7 Å². The number of amides is 1. The SMILES string of the molecule is CCC(O)(CC)c1oc(=O)c2ccccc2c1-c1ccc(OC2CCCC2)c(OCC(N)=O)c1. The fourth-order valence-corrected chi connectivity index (χ4v) is 4.59. The lowest BCUT2D eigenvalue weighted by atomic mass is 9.86. The van der Waals surface area contributed by atoms with Crippen LogP contribution in [0, 0.1) is 0 Å². The summed E-state index contributed by atoms with van der Waals surface area (Å²) in [6.45, 7) is 3.40. The van der Waals surface area contributed by atoms with Gasteiger partial charge in [-0.2, -0.15) is 0 Å². The second kappa shape index (κ2) is 9.89. The normalized spacial score (nSPS) is 14.4. The van der Waals surface area contributed by atoms with Crippen LogP contribution in [0.5, 0.6) is 11.5 Å². The molecule has 0 radical (unpaired) electrons. The van der Waals surface area contributed by atoms with Crippen LogP contribution in [0.25, 0.3) is 21.9 Å². The van der Waals surface area contributed by atoms with Crippen LogP contribution in [0.4, 0.5) is 0 Å². The Kier molecular flexibility index (Phi) is 6.93. The van der Waals surface area contributed by atoms with E-state index in [4.69, 9.17) is 19.6 Å². The number of hydrogen-bond acceptors (Lipinski definition) is 6. The Morgan fingerprint density at radius 1 is 1.09 bits per heavy atom. The number of fused-ring (bicyclic) bond motifs is 1. The first kappa shape index (κ1) is 23.8. The van der Waals surface area contributed by atoms with Crippen molar-refractivity contribution >= 4 is 16.7 Å². The molecule has 3 aromatic rings. The minimum absolute atomic E-state index is 0.0955. The van der Waals surface area contributed by atoms with Crippen molar-refractivity contribution in [2.75, 3.05) is 6.61 Å². The quantitative estimate of drug-likeness (QED) is 0.476. The van der Waals surface area contributed by atoms with Crippen molar-refractivity contribution in [1.82, 2.24) is 0 Å². The van der Waals surface area contributed by atoms with Crippen LogP contribution < -0.4 is 20.8 Å². The Bertz CT molecular complexity index is 1240. The van der Waals surface area contributed by atoms with E-state index >= 15 is 0 Å². The van der Waals surface area contributed by atoms with Crippen LogP contribution in [0.2, 0.25) is 0 Å². The van der Waals surface area contributed by atoms with Gasteiger partial charge in [0.05, 0.1) is 11.5 Å². The van der Waals surface area contributed by atoms with E-state index in [0.29, 0.717) is 46.2 Å². The summed E-state index contributed by atoms with van der Waals surface area (Å²) in [6, 6.07) is 12.6. The highest BCUT2D eigenvalue weighted by Gasteiger charge is 2.33. The molecule has 1 fully saturated rings. The molecule has 34 heavy (non-hydrogen) atoms. The summed E-state index contributed by atoms with van der Waals surface area (Å²) in [5, 5.41) is 12.5. The van der Waals surface area contributed by atoms with Crippen molar-refractivity contribution < 1.29 is 23.8 Å².